The summed E-state index contributed by atoms with van der Waals surface area (Å²) in [5.74, 6) is -2.48. The zero-order chi connectivity index (χ0) is 23.0. The second-order valence-electron chi connectivity index (χ2n) is 7.54. The Kier molecular flexibility index (Phi) is 5.71. The summed E-state index contributed by atoms with van der Waals surface area (Å²) in [6.07, 6.45) is 1.76. The maximum atomic E-state index is 12.8. The van der Waals surface area contributed by atoms with E-state index in [1.807, 2.05) is 13.0 Å². The number of H-pyrrole nitrogens is 1. The number of fused-ring (bicyclic) bond motifs is 1. The normalized spacial score (nSPS) is 15.8. The summed E-state index contributed by atoms with van der Waals surface area (Å²) in [7, 11) is 1.28. The highest BCUT2D eigenvalue weighted by molar-refractivity contribution is 6.45. The maximum absolute atomic E-state index is 12.8. The molecule has 164 valence electrons. The van der Waals surface area contributed by atoms with Gasteiger partial charge >= 0.3 is 5.97 Å². The van der Waals surface area contributed by atoms with Gasteiger partial charge in [0.15, 0.2) is 0 Å². The molecular weight excluding hydrogens is 434 g/mol. The first-order chi connectivity index (χ1) is 15.3. The molecule has 9 heteroatoms. The fraction of sp³-hybridized carbons (Fsp3) is 0.217. The number of ketones is 1. The standard InChI is InChI=1S/C23H20ClN3O5/c1-12-3-6-19(16(24)9-12)27-8-7-17(22(27)30)26-21(29)20(28)15-11-25-18-10-13(23(31)32-2)4-5-14(15)18/h3-6,9-11,17,25H,7-8H2,1-2H3,(H,26,29). The topological polar surface area (TPSA) is 109 Å². The largest absolute Gasteiger partial charge is 0.465 e. The summed E-state index contributed by atoms with van der Waals surface area (Å²) in [5.41, 5.74) is 2.53. The van der Waals surface area contributed by atoms with E-state index in [2.05, 4.69) is 15.0 Å². The molecule has 0 bridgehead atoms. The average molecular weight is 454 g/mol. The quantitative estimate of drug-likeness (QED) is 0.350. The molecule has 0 aliphatic carbocycles. The first kappa shape index (κ1) is 21.6. The minimum absolute atomic E-state index is 0.151. The number of Topliss-reactive ketones (excluding diaryl/α,β-unsaturated/α-hetero) is 1. The van der Waals surface area contributed by atoms with E-state index in [4.69, 9.17) is 11.6 Å². The number of amides is 2. The summed E-state index contributed by atoms with van der Waals surface area (Å²) in [6.45, 7) is 2.28. The van der Waals surface area contributed by atoms with Crippen molar-refractivity contribution in [3.63, 3.8) is 0 Å². The number of methoxy groups -OCH3 is 1. The van der Waals surface area contributed by atoms with Gasteiger partial charge in [0.05, 0.1) is 28.9 Å². The van der Waals surface area contributed by atoms with Crippen molar-refractivity contribution < 1.29 is 23.9 Å². The van der Waals surface area contributed by atoms with Gasteiger partial charge in [0.2, 0.25) is 5.91 Å². The van der Waals surface area contributed by atoms with E-state index in [0.29, 0.717) is 40.1 Å². The molecule has 1 fully saturated rings. The Balaban J connectivity index is 1.49. The molecule has 1 aliphatic heterocycles. The Morgan fingerprint density at radius 2 is 1.97 bits per heavy atom. The number of esters is 1. The number of hydrogen-bond acceptors (Lipinski definition) is 5. The number of anilines is 1. The molecule has 0 spiro atoms. The van der Waals surface area contributed by atoms with E-state index >= 15 is 0 Å². The highest BCUT2D eigenvalue weighted by atomic mass is 35.5. The number of ether oxygens (including phenoxy) is 1. The lowest BCUT2D eigenvalue weighted by molar-refractivity contribution is -0.124. The van der Waals surface area contributed by atoms with Crippen molar-refractivity contribution in [3.05, 3.63) is 64.3 Å². The number of halogens is 1. The van der Waals surface area contributed by atoms with Gasteiger partial charge in [0, 0.05) is 23.6 Å². The summed E-state index contributed by atoms with van der Waals surface area (Å²) in [6, 6.07) is 9.19. The number of nitrogens with zero attached hydrogens (tertiary/aromatic N) is 1. The Morgan fingerprint density at radius 3 is 2.69 bits per heavy atom. The molecule has 8 nitrogen and oxygen atoms in total. The molecule has 1 atom stereocenters. The molecule has 0 radical (unpaired) electrons. The third-order valence-electron chi connectivity index (χ3n) is 5.46. The number of aryl methyl sites for hydroxylation is 1. The number of carbonyl (C=O) groups excluding carboxylic acids is 4. The van der Waals surface area contributed by atoms with E-state index in [-0.39, 0.29) is 11.5 Å². The van der Waals surface area contributed by atoms with Crippen molar-refractivity contribution >= 4 is 51.8 Å². The van der Waals surface area contributed by atoms with Crippen LogP contribution in [0.5, 0.6) is 0 Å². The Bertz CT molecular complexity index is 1270. The van der Waals surface area contributed by atoms with Crippen LogP contribution < -0.4 is 10.2 Å². The van der Waals surface area contributed by atoms with Gasteiger partial charge in [0.1, 0.15) is 6.04 Å². The Labute approximate surface area is 188 Å². The van der Waals surface area contributed by atoms with E-state index in [1.54, 1.807) is 24.3 Å². The van der Waals surface area contributed by atoms with Crippen LogP contribution in [0.2, 0.25) is 5.02 Å². The molecule has 0 saturated carbocycles. The van der Waals surface area contributed by atoms with E-state index in [1.165, 1.54) is 24.3 Å². The number of benzene rings is 2. The molecule has 32 heavy (non-hydrogen) atoms. The third-order valence-corrected chi connectivity index (χ3v) is 5.76. The zero-order valence-corrected chi connectivity index (χ0v) is 18.2. The van der Waals surface area contributed by atoms with Gasteiger partial charge < -0.3 is 19.9 Å². The highest BCUT2D eigenvalue weighted by Gasteiger charge is 2.36. The van der Waals surface area contributed by atoms with Crippen LogP contribution in [0.3, 0.4) is 0 Å². The van der Waals surface area contributed by atoms with Crippen molar-refractivity contribution in [3.8, 4) is 0 Å². The fourth-order valence-corrected chi connectivity index (χ4v) is 4.13. The molecule has 2 N–H and O–H groups in total. The first-order valence-corrected chi connectivity index (χ1v) is 10.3. The second-order valence-corrected chi connectivity index (χ2v) is 7.95. The van der Waals surface area contributed by atoms with Crippen molar-refractivity contribution in [2.45, 2.75) is 19.4 Å². The molecule has 1 unspecified atom stereocenters. The zero-order valence-electron chi connectivity index (χ0n) is 17.4. The average Bonchev–Trinajstić information content (AvgIpc) is 3.36. The minimum atomic E-state index is -0.877. The van der Waals surface area contributed by atoms with Crippen LogP contribution in [-0.2, 0) is 14.3 Å². The number of nitrogens with one attached hydrogen (secondary N) is 2. The van der Waals surface area contributed by atoms with Gasteiger partial charge in [0.25, 0.3) is 11.7 Å². The fourth-order valence-electron chi connectivity index (χ4n) is 3.79. The molecule has 1 aliphatic rings. The summed E-state index contributed by atoms with van der Waals surface area (Å²) in [4.78, 5) is 54.3. The molecule has 2 amide bonds. The predicted molar refractivity (Wildman–Crippen MR) is 119 cm³/mol. The molecule has 4 rings (SSSR count). The molecule has 3 aromatic rings. The predicted octanol–water partition coefficient (Wildman–Crippen LogP) is 3.02. The highest BCUT2D eigenvalue weighted by Crippen LogP contribution is 2.30. The van der Waals surface area contributed by atoms with E-state index < -0.39 is 23.7 Å². The number of carbonyl (C=O) groups is 4. The molecule has 2 aromatic carbocycles. The number of aromatic nitrogens is 1. The van der Waals surface area contributed by atoms with Crippen molar-refractivity contribution in [2.75, 3.05) is 18.6 Å². The summed E-state index contributed by atoms with van der Waals surface area (Å²) < 4.78 is 4.69. The molecule has 1 saturated heterocycles. The van der Waals surface area contributed by atoms with Crippen LogP contribution in [0, 0.1) is 6.92 Å². The third kappa shape index (κ3) is 3.85. The van der Waals surface area contributed by atoms with Crippen LogP contribution in [0.4, 0.5) is 5.69 Å². The summed E-state index contributed by atoms with van der Waals surface area (Å²) >= 11 is 6.27. The van der Waals surface area contributed by atoms with Crippen LogP contribution in [0.15, 0.2) is 42.6 Å². The summed E-state index contributed by atoms with van der Waals surface area (Å²) in [5, 5.41) is 3.48. The number of aromatic amines is 1. The van der Waals surface area contributed by atoms with Gasteiger partial charge in [-0.2, -0.15) is 0 Å². The lowest BCUT2D eigenvalue weighted by atomic mass is 10.1. The van der Waals surface area contributed by atoms with E-state index in [9.17, 15) is 19.2 Å². The monoisotopic (exact) mass is 453 g/mol. The van der Waals surface area contributed by atoms with Crippen molar-refractivity contribution in [2.24, 2.45) is 0 Å². The van der Waals surface area contributed by atoms with Crippen LogP contribution in [0.25, 0.3) is 10.9 Å². The van der Waals surface area contributed by atoms with Gasteiger partial charge in [-0.15, -0.1) is 0 Å². The van der Waals surface area contributed by atoms with Crippen LogP contribution in [-0.4, -0.2) is 48.2 Å². The van der Waals surface area contributed by atoms with Crippen LogP contribution in [0.1, 0.15) is 32.7 Å². The van der Waals surface area contributed by atoms with Gasteiger partial charge in [-0.05, 0) is 43.2 Å². The minimum Gasteiger partial charge on any atom is -0.465 e. The SMILES string of the molecule is COC(=O)c1ccc2c(C(=O)C(=O)NC3CCN(c4ccc(C)cc4Cl)C3=O)c[nH]c2c1. The Hall–Kier alpha value is -3.65. The smallest absolute Gasteiger partial charge is 0.337 e. The second kappa shape index (κ2) is 8.47. The van der Waals surface area contributed by atoms with Gasteiger partial charge in [-0.25, -0.2) is 4.79 Å². The number of hydrogen-bond donors (Lipinski definition) is 2. The lowest BCUT2D eigenvalue weighted by Gasteiger charge is -2.18. The van der Waals surface area contributed by atoms with Crippen molar-refractivity contribution in [1.29, 1.82) is 0 Å². The lowest BCUT2D eigenvalue weighted by Crippen LogP contribution is -2.44. The first-order valence-electron chi connectivity index (χ1n) is 9.92. The maximum Gasteiger partial charge on any atom is 0.337 e. The molecule has 1 aromatic heterocycles. The van der Waals surface area contributed by atoms with Crippen LogP contribution >= 0.6 is 11.6 Å². The molecular formula is C23H20ClN3O5. The molecule has 2 heterocycles. The van der Waals surface area contributed by atoms with Gasteiger partial charge in [-0.3, -0.25) is 14.4 Å². The number of rotatable bonds is 5. The Morgan fingerprint density at radius 1 is 1.19 bits per heavy atom. The van der Waals surface area contributed by atoms with E-state index in [0.717, 1.165) is 5.56 Å². The van der Waals surface area contributed by atoms with Crippen molar-refractivity contribution in [1.82, 2.24) is 10.3 Å². The van der Waals surface area contributed by atoms with Gasteiger partial charge in [-0.1, -0.05) is 23.7 Å².